The first-order valence-electron chi connectivity index (χ1n) is 6.78. The minimum atomic E-state index is -0.304. The van der Waals surface area contributed by atoms with Gasteiger partial charge in [0.2, 0.25) is 0 Å². The fourth-order valence-electron chi connectivity index (χ4n) is 3.26. The normalized spacial score (nSPS) is 38.3. The Bertz CT molecular complexity index is 259. The average Bonchev–Trinajstić information content (AvgIpc) is 2.55. The van der Waals surface area contributed by atoms with Crippen LogP contribution < -0.4 is 0 Å². The van der Waals surface area contributed by atoms with Crippen LogP contribution in [0.2, 0.25) is 0 Å². The Morgan fingerprint density at radius 1 is 1.25 bits per heavy atom. The summed E-state index contributed by atoms with van der Waals surface area (Å²) in [6.45, 7) is 2.22. The third-order valence-electron chi connectivity index (χ3n) is 4.24. The number of aliphatic hydroxyl groups is 2. The molecule has 92 valence electrons. The SMILES string of the molecule is CCCCCC1=CC2C(O)CC(O)C2CC1. The van der Waals surface area contributed by atoms with Crippen LogP contribution in [0, 0.1) is 11.8 Å². The fourth-order valence-corrected chi connectivity index (χ4v) is 3.26. The topological polar surface area (TPSA) is 40.5 Å². The van der Waals surface area contributed by atoms with E-state index >= 15 is 0 Å². The molecule has 0 saturated heterocycles. The largest absolute Gasteiger partial charge is 0.393 e. The molecule has 2 rings (SSSR count). The molecular formula is C14H24O2. The van der Waals surface area contributed by atoms with E-state index in [0.29, 0.717) is 12.3 Å². The Kier molecular flexibility index (Phi) is 4.04. The molecule has 1 saturated carbocycles. The highest BCUT2D eigenvalue weighted by atomic mass is 16.3. The quantitative estimate of drug-likeness (QED) is 0.569. The average molecular weight is 224 g/mol. The highest BCUT2D eigenvalue weighted by Gasteiger charge is 2.41. The number of hydrogen-bond donors (Lipinski definition) is 2. The Morgan fingerprint density at radius 3 is 2.81 bits per heavy atom. The second kappa shape index (κ2) is 5.33. The molecule has 4 unspecified atom stereocenters. The van der Waals surface area contributed by atoms with E-state index in [4.69, 9.17) is 0 Å². The highest BCUT2D eigenvalue weighted by molar-refractivity contribution is 5.15. The van der Waals surface area contributed by atoms with Gasteiger partial charge in [0.25, 0.3) is 0 Å². The summed E-state index contributed by atoms with van der Waals surface area (Å²) in [5.74, 6) is 0.560. The molecule has 4 atom stereocenters. The lowest BCUT2D eigenvalue weighted by atomic mass is 9.80. The Labute approximate surface area is 98.4 Å². The van der Waals surface area contributed by atoms with Crippen LogP contribution in [-0.4, -0.2) is 22.4 Å². The zero-order chi connectivity index (χ0) is 11.5. The first kappa shape index (κ1) is 12.1. The van der Waals surface area contributed by atoms with Crippen molar-refractivity contribution in [3.8, 4) is 0 Å². The summed E-state index contributed by atoms with van der Waals surface area (Å²) in [7, 11) is 0. The maximum absolute atomic E-state index is 9.88. The van der Waals surface area contributed by atoms with Gasteiger partial charge in [-0.2, -0.15) is 0 Å². The summed E-state index contributed by atoms with van der Waals surface area (Å²) in [5.41, 5.74) is 1.52. The first-order valence-corrected chi connectivity index (χ1v) is 6.78. The molecule has 0 aromatic carbocycles. The molecule has 0 bridgehead atoms. The number of aliphatic hydroxyl groups excluding tert-OH is 2. The number of allylic oxidation sites excluding steroid dienone is 1. The van der Waals surface area contributed by atoms with Gasteiger partial charge in [-0.25, -0.2) is 0 Å². The number of hydrogen-bond acceptors (Lipinski definition) is 2. The molecule has 2 heteroatoms. The van der Waals surface area contributed by atoms with E-state index < -0.39 is 0 Å². The van der Waals surface area contributed by atoms with Crippen molar-refractivity contribution in [3.05, 3.63) is 11.6 Å². The van der Waals surface area contributed by atoms with Gasteiger partial charge in [0, 0.05) is 12.3 Å². The molecule has 0 aliphatic heterocycles. The molecule has 16 heavy (non-hydrogen) atoms. The van der Waals surface area contributed by atoms with Crippen LogP contribution >= 0.6 is 0 Å². The van der Waals surface area contributed by atoms with Gasteiger partial charge in [-0.05, 0) is 31.6 Å². The maximum atomic E-state index is 9.88. The number of unbranched alkanes of at least 4 members (excludes halogenated alkanes) is 2. The molecule has 2 aliphatic carbocycles. The molecule has 2 N–H and O–H groups in total. The Balaban J connectivity index is 1.92. The molecule has 0 aromatic heterocycles. The van der Waals surface area contributed by atoms with E-state index in [1.54, 1.807) is 0 Å². The molecule has 0 spiro atoms. The van der Waals surface area contributed by atoms with E-state index in [2.05, 4.69) is 13.0 Å². The van der Waals surface area contributed by atoms with Crippen LogP contribution in [0.15, 0.2) is 11.6 Å². The molecule has 0 radical (unpaired) electrons. The Morgan fingerprint density at radius 2 is 2.06 bits per heavy atom. The van der Waals surface area contributed by atoms with Crippen LogP contribution in [0.4, 0.5) is 0 Å². The zero-order valence-corrected chi connectivity index (χ0v) is 10.2. The van der Waals surface area contributed by atoms with E-state index in [1.165, 1.54) is 31.3 Å². The smallest absolute Gasteiger partial charge is 0.0631 e. The van der Waals surface area contributed by atoms with Crippen molar-refractivity contribution in [2.45, 2.75) is 64.1 Å². The Hall–Kier alpha value is -0.340. The van der Waals surface area contributed by atoms with Crippen LogP contribution in [0.1, 0.15) is 51.9 Å². The summed E-state index contributed by atoms with van der Waals surface area (Å²) in [5, 5.41) is 19.7. The number of rotatable bonds is 4. The van der Waals surface area contributed by atoms with Crippen LogP contribution in [0.3, 0.4) is 0 Å². The zero-order valence-electron chi connectivity index (χ0n) is 10.2. The maximum Gasteiger partial charge on any atom is 0.0631 e. The van der Waals surface area contributed by atoms with Gasteiger partial charge in [-0.1, -0.05) is 31.4 Å². The van der Waals surface area contributed by atoms with Gasteiger partial charge in [-0.3, -0.25) is 0 Å². The lowest BCUT2D eigenvalue weighted by Crippen LogP contribution is -2.24. The van der Waals surface area contributed by atoms with Crippen LogP contribution in [-0.2, 0) is 0 Å². The van der Waals surface area contributed by atoms with Crippen molar-refractivity contribution < 1.29 is 10.2 Å². The highest BCUT2D eigenvalue weighted by Crippen LogP contribution is 2.42. The summed E-state index contributed by atoms with van der Waals surface area (Å²) in [6.07, 6.45) is 9.51. The van der Waals surface area contributed by atoms with Crippen molar-refractivity contribution in [1.82, 2.24) is 0 Å². The standard InChI is InChI=1S/C14H24O2/c1-2-3-4-5-10-6-7-11-12(8-10)14(16)9-13(11)15/h8,11-16H,2-7,9H2,1H3. The van der Waals surface area contributed by atoms with Crippen molar-refractivity contribution in [2.75, 3.05) is 0 Å². The van der Waals surface area contributed by atoms with Crippen LogP contribution in [0.25, 0.3) is 0 Å². The summed E-state index contributed by atoms with van der Waals surface area (Å²) < 4.78 is 0. The van der Waals surface area contributed by atoms with Crippen molar-refractivity contribution in [1.29, 1.82) is 0 Å². The third-order valence-corrected chi connectivity index (χ3v) is 4.24. The molecule has 2 nitrogen and oxygen atoms in total. The minimum Gasteiger partial charge on any atom is -0.393 e. The van der Waals surface area contributed by atoms with Crippen molar-refractivity contribution in [3.63, 3.8) is 0 Å². The second-order valence-electron chi connectivity index (χ2n) is 5.43. The van der Waals surface area contributed by atoms with Crippen LogP contribution in [0.5, 0.6) is 0 Å². The van der Waals surface area contributed by atoms with E-state index in [0.717, 1.165) is 12.8 Å². The van der Waals surface area contributed by atoms with Gasteiger partial charge in [0.1, 0.15) is 0 Å². The predicted octanol–water partition coefficient (Wildman–Crippen LogP) is 2.64. The monoisotopic (exact) mass is 224 g/mol. The second-order valence-corrected chi connectivity index (χ2v) is 5.43. The fraction of sp³-hybridized carbons (Fsp3) is 0.857. The van der Waals surface area contributed by atoms with Gasteiger partial charge in [0.05, 0.1) is 12.2 Å². The molecule has 0 aromatic rings. The minimum absolute atomic E-state index is 0.236. The predicted molar refractivity (Wildman–Crippen MR) is 65.1 cm³/mol. The van der Waals surface area contributed by atoms with Crippen molar-refractivity contribution >= 4 is 0 Å². The van der Waals surface area contributed by atoms with Gasteiger partial charge < -0.3 is 10.2 Å². The molecule has 0 heterocycles. The molecular weight excluding hydrogens is 200 g/mol. The van der Waals surface area contributed by atoms with Crippen molar-refractivity contribution in [2.24, 2.45) is 11.8 Å². The third kappa shape index (κ3) is 2.49. The molecule has 0 amide bonds. The van der Waals surface area contributed by atoms with Gasteiger partial charge >= 0.3 is 0 Å². The van der Waals surface area contributed by atoms with E-state index in [-0.39, 0.29) is 18.1 Å². The van der Waals surface area contributed by atoms with Gasteiger partial charge in [-0.15, -0.1) is 0 Å². The van der Waals surface area contributed by atoms with E-state index in [1.807, 2.05) is 0 Å². The molecule has 1 fully saturated rings. The van der Waals surface area contributed by atoms with E-state index in [9.17, 15) is 10.2 Å². The molecule has 2 aliphatic rings. The lowest BCUT2D eigenvalue weighted by Gasteiger charge is -2.27. The lowest BCUT2D eigenvalue weighted by molar-refractivity contribution is 0.115. The number of fused-ring (bicyclic) bond motifs is 1. The first-order chi connectivity index (χ1) is 7.72. The summed E-state index contributed by atoms with van der Waals surface area (Å²) in [6, 6.07) is 0. The summed E-state index contributed by atoms with van der Waals surface area (Å²) >= 11 is 0. The summed E-state index contributed by atoms with van der Waals surface area (Å²) in [4.78, 5) is 0. The van der Waals surface area contributed by atoms with Gasteiger partial charge in [0.15, 0.2) is 0 Å².